The lowest BCUT2D eigenvalue weighted by atomic mass is 10.1. The van der Waals surface area contributed by atoms with Crippen molar-refractivity contribution in [2.75, 3.05) is 11.4 Å². The van der Waals surface area contributed by atoms with Gasteiger partial charge < -0.3 is 0 Å². The van der Waals surface area contributed by atoms with Gasteiger partial charge in [-0.1, -0.05) is 18.7 Å². The van der Waals surface area contributed by atoms with E-state index in [1.807, 2.05) is 24.3 Å². The molecule has 0 fully saturated rings. The minimum absolute atomic E-state index is 0.183. The Hall–Kier alpha value is -2.82. The Balaban J connectivity index is 2.37. The number of rotatable bonds is 6. The molecule has 0 unspecified atom stereocenters. The van der Waals surface area contributed by atoms with E-state index >= 15 is 0 Å². The first-order valence-corrected chi connectivity index (χ1v) is 6.39. The molecule has 21 heavy (non-hydrogen) atoms. The number of hydrogen-bond acceptors (Lipinski definition) is 4. The molecule has 2 aromatic rings. The van der Waals surface area contributed by atoms with E-state index in [2.05, 4.69) is 16.5 Å². The summed E-state index contributed by atoms with van der Waals surface area (Å²) < 4.78 is 0. The molecule has 0 bridgehead atoms. The van der Waals surface area contributed by atoms with E-state index in [9.17, 15) is 9.59 Å². The van der Waals surface area contributed by atoms with Gasteiger partial charge in [-0.25, -0.2) is 4.98 Å². The second-order valence-corrected chi connectivity index (χ2v) is 4.26. The quantitative estimate of drug-likeness (QED) is 0.755. The van der Waals surface area contributed by atoms with Gasteiger partial charge >= 0.3 is 0 Å². The van der Waals surface area contributed by atoms with E-state index < -0.39 is 0 Å². The number of nitrogens with zero attached hydrogens (tertiary/aromatic N) is 3. The number of amides is 1. The average Bonchev–Trinajstić information content (AvgIpc) is 2.54. The lowest BCUT2D eigenvalue weighted by Crippen LogP contribution is -2.32. The zero-order chi connectivity index (χ0) is 15.1. The van der Waals surface area contributed by atoms with Gasteiger partial charge in [-0.05, 0) is 24.3 Å². The van der Waals surface area contributed by atoms with Gasteiger partial charge in [-0.15, -0.1) is 0 Å². The SMILES string of the molecule is C=CC(=O)N(C[C]=O)c1ncccc1Cc1ccccn1. The van der Waals surface area contributed by atoms with Gasteiger partial charge in [-0.2, -0.15) is 0 Å². The van der Waals surface area contributed by atoms with Crippen LogP contribution in [0.2, 0.25) is 0 Å². The summed E-state index contributed by atoms with van der Waals surface area (Å²) in [5.41, 5.74) is 1.66. The number of carbonyl (C=O) groups excluding carboxylic acids is 2. The molecule has 5 heteroatoms. The molecule has 2 aromatic heterocycles. The normalized spacial score (nSPS) is 9.90. The fraction of sp³-hybridized carbons (Fsp3) is 0.125. The Kier molecular flexibility index (Phi) is 4.93. The van der Waals surface area contributed by atoms with Crippen LogP contribution in [-0.4, -0.2) is 28.7 Å². The van der Waals surface area contributed by atoms with Gasteiger partial charge in [0.05, 0.1) is 6.54 Å². The minimum atomic E-state index is -0.390. The van der Waals surface area contributed by atoms with Crippen molar-refractivity contribution in [3.8, 4) is 0 Å². The van der Waals surface area contributed by atoms with Gasteiger partial charge in [-0.3, -0.25) is 19.5 Å². The van der Waals surface area contributed by atoms with Crippen LogP contribution in [0.1, 0.15) is 11.3 Å². The van der Waals surface area contributed by atoms with Crippen LogP contribution >= 0.6 is 0 Å². The first-order chi connectivity index (χ1) is 10.3. The zero-order valence-electron chi connectivity index (χ0n) is 11.4. The van der Waals surface area contributed by atoms with Crippen molar-refractivity contribution in [3.63, 3.8) is 0 Å². The summed E-state index contributed by atoms with van der Waals surface area (Å²) >= 11 is 0. The Labute approximate surface area is 123 Å². The number of carbonyl (C=O) groups is 1. The predicted molar refractivity (Wildman–Crippen MR) is 79.5 cm³/mol. The van der Waals surface area contributed by atoms with Crippen molar-refractivity contribution < 1.29 is 9.59 Å². The number of anilines is 1. The van der Waals surface area contributed by atoms with Crippen molar-refractivity contribution >= 4 is 18.0 Å². The second-order valence-electron chi connectivity index (χ2n) is 4.26. The summed E-state index contributed by atoms with van der Waals surface area (Å²) in [6.07, 6.45) is 6.67. The Morgan fingerprint density at radius 1 is 1.24 bits per heavy atom. The maximum absolute atomic E-state index is 11.9. The Morgan fingerprint density at radius 2 is 2.05 bits per heavy atom. The molecule has 0 aliphatic heterocycles. The third-order valence-electron chi connectivity index (χ3n) is 2.88. The smallest absolute Gasteiger partial charge is 0.251 e. The number of hydrogen-bond donors (Lipinski definition) is 0. The number of aromatic nitrogens is 2. The molecular weight excluding hydrogens is 266 g/mol. The topological polar surface area (TPSA) is 63.2 Å². The molecule has 0 saturated carbocycles. The summed E-state index contributed by atoms with van der Waals surface area (Å²) in [4.78, 5) is 32.3. The molecule has 2 rings (SSSR count). The van der Waals surface area contributed by atoms with E-state index in [4.69, 9.17) is 0 Å². The highest BCUT2D eigenvalue weighted by molar-refractivity contribution is 6.02. The molecule has 0 aliphatic carbocycles. The molecule has 1 amide bonds. The van der Waals surface area contributed by atoms with Crippen LogP contribution in [0, 0.1) is 0 Å². The van der Waals surface area contributed by atoms with Crippen LogP contribution in [0.3, 0.4) is 0 Å². The van der Waals surface area contributed by atoms with Gasteiger partial charge in [0.1, 0.15) is 5.82 Å². The lowest BCUT2D eigenvalue weighted by Gasteiger charge is -2.20. The first-order valence-electron chi connectivity index (χ1n) is 6.39. The fourth-order valence-electron chi connectivity index (χ4n) is 1.94. The molecule has 0 spiro atoms. The maximum Gasteiger partial charge on any atom is 0.251 e. The molecule has 1 radical (unpaired) electrons. The molecule has 5 nitrogen and oxygen atoms in total. The van der Waals surface area contributed by atoms with E-state index in [1.165, 1.54) is 4.90 Å². The maximum atomic E-state index is 11.9. The Bertz CT molecular complexity index is 641. The monoisotopic (exact) mass is 280 g/mol. The zero-order valence-corrected chi connectivity index (χ0v) is 11.4. The van der Waals surface area contributed by atoms with Crippen LogP contribution < -0.4 is 4.90 Å². The van der Waals surface area contributed by atoms with E-state index in [1.54, 1.807) is 24.7 Å². The van der Waals surface area contributed by atoms with Crippen molar-refractivity contribution in [3.05, 3.63) is 66.6 Å². The van der Waals surface area contributed by atoms with E-state index in [-0.39, 0.29) is 12.5 Å². The van der Waals surface area contributed by atoms with Crippen LogP contribution in [0.5, 0.6) is 0 Å². The van der Waals surface area contributed by atoms with Gasteiger partial charge in [0.2, 0.25) is 6.29 Å². The van der Waals surface area contributed by atoms with Gasteiger partial charge in [0.15, 0.2) is 0 Å². The van der Waals surface area contributed by atoms with Crippen LogP contribution in [0.15, 0.2) is 55.4 Å². The molecule has 0 atom stereocenters. The average molecular weight is 280 g/mol. The summed E-state index contributed by atoms with van der Waals surface area (Å²) in [5, 5.41) is 0. The highest BCUT2D eigenvalue weighted by atomic mass is 16.2. The molecule has 105 valence electrons. The molecular formula is C16H14N3O2. The standard InChI is InChI=1S/C16H14N3O2/c1-2-15(21)19(10-11-20)16-13(6-5-9-18-16)12-14-7-3-4-8-17-14/h2-9H,1,10,12H2. The Morgan fingerprint density at radius 3 is 2.71 bits per heavy atom. The molecule has 0 N–H and O–H groups in total. The molecule has 0 aromatic carbocycles. The predicted octanol–water partition coefficient (Wildman–Crippen LogP) is 1.70. The van der Waals surface area contributed by atoms with Crippen molar-refractivity contribution in [1.82, 2.24) is 9.97 Å². The minimum Gasteiger partial charge on any atom is -0.289 e. The summed E-state index contributed by atoms with van der Waals surface area (Å²) in [6.45, 7) is 3.26. The van der Waals surface area contributed by atoms with Crippen LogP contribution in [-0.2, 0) is 16.0 Å². The lowest BCUT2D eigenvalue weighted by molar-refractivity contribution is -0.114. The van der Waals surface area contributed by atoms with Crippen molar-refractivity contribution in [2.45, 2.75) is 6.42 Å². The van der Waals surface area contributed by atoms with Crippen LogP contribution in [0.4, 0.5) is 5.82 Å². The summed E-state index contributed by atoms with van der Waals surface area (Å²) in [6, 6.07) is 9.25. The largest absolute Gasteiger partial charge is 0.289 e. The highest BCUT2D eigenvalue weighted by Gasteiger charge is 2.17. The first kappa shape index (κ1) is 14.6. The van der Waals surface area contributed by atoms with Crippen molar-refractivity contribution in [2.24, 2.45) is 0 Å². The highest BCUT2D eigenvalue weighted by Crippen LogP contribution is 2.20. The third kappa shape index (κ3) is 3.60. The van der Waals surface area contributed by atoms with Crippen molar-refractivity contribution in [1.29, 1.82) is 0 Å². The van der Waals surface area contributed by atoms with E-state index in [0.717, 1.165) is 17.3 Å². The van der Waals surface area contributed by atoms with Gasteiger partial charge in [0, 0.05) is 30.1 Å². The summed E-state index contributed by atoms with van der Waals surface area (Å²) in [7, 11) is 0. The summed E-state index contributed by atoms with van der Waals surface area (Å²) in [5.74, 6) is 0.0377. The molecule has 0 saturated heterocycles. The van der Waals surface area contributed by atoms with Gasteiger partial charge in [0.25, 0.3) is 5.91 Å². The second kappa shape index (κ2) is 7.09. The molecule has 0 aliphatic rings. The number of pyridine rings is 2. The van der Waals surface area contributed by atoms with Crippen LogP contribution in [0.25, 0.3) is 0 Å². The third-order valence-corrected chi connectivity index (χ3v) is 2.88. The van der Waals surface area contributed by atoms with E-state index in [0.29, 0.717) is 12.2 Å². The fourth-order valence-corrected chi connectivity index (χ4v) is 1.94. The molecule has 2 heterocycles.